The van der Waals surface area contributed by atoms with E-state index in [0.29, 0.717) is 17.7 Å². The van der Waals surface area contributed by atoms with Crippen molar-refractivity contribution < 1.29 is 18.7 Å². The highest BCUT2D eigenvalue weighted by Gasteiger charge is 2.32. The van der Waals surface area contributed by atoms with Crippen molar-refractivity contribution in [1.29, 1.82) is 0 Å². The number of nitrogens with one attached hydrogen (secondary N) is 1. The SMILES string of the molecule is Cc1cc(C)cc(OCC(=O)N(Cc2ccccc2F)[C@@H](Cc2ccccc2)C(=O)NC2CCCCC2)c1. The summed E-state index contributed by atoms with van der Waals surface area (Å²) in [7, 11) is 0. The van der Waals surface area contributed by atoms with Gasteiger partial charge in [-0.15, -0.1) is 0 Å². The lowest BCUT2D eigenvalue weighted by Crippen LogP contribution is -2.53. The fourth-order valence-electron chi connectivity index (χ4n) is 5.15. The van der Waals surface area contributed by atoms with E-state index >= 15 is 0 Å². The molecular formula is C32H37FN2O3. The van der Waals surface area contributed by atoms with Gasteiger partial charge in [-0.05, 0) is 61.6 Å². The van der Waals surface area contributed by atoms with E-state index in [2.05, 4.69) is 5.32 Å². The quantitative estimate of drug-likeness (QED) is 0.364. The van der Waals surface area contributed by atoms with Gasteiger partial charge in [0, 0.05) is 24.6 Å². The molecule has 200 valence electrons. The molecule has 1 aliphatic rings. The second-order valence-electron chi connectivity index (χ2n) is 10.3. The molecule has 1 N–H and O–H groups in total. The van der Waals surface area contributed by atoms with Gasteiger partial charge < -0.3 is 15.0 Å². The lowest BCUT2D eigenvalue weighted by atomic mass is 9.94. The van der Waals surface area contributed by atoms with Gasteiger partial charge in [-0.25, -0.2) is 4.39 Å². The zero-order valence-electron chi connectivity index (χ0n) is 22.3. The summed E-state index contributed by atoms with van der Waals surface area (Å²) >= 11 is 0. The number of rotatable bonds is 10. The summed E-state index contributed by atoms with van der Waals surface area (Å²) < 4.78 is 20.6. The first kappa shape index (κ1) is 27.4. The molecule has 1 saturated carbocycles. The minimum absolute atomic E-state index is 0.0305. The summed E-state index contributed by atoms with van der Waals surface area (Å²) in [6.45, 7) is 3.66. The Balaban J connectivity index is 1.62. The minimum atomic E-state index is -0.811. The Morgan fingerprint density at radius 1 is 0.947 bits per heavy atom. The number of ether oxygens (including phenoxy) is 1. The van der Waals surface area contributed by atoms with E-state index in [9.17, 15) is 14.0 Å². The highest BCUT2D eigenvalue weighted by Crippen LogP contribution is 2.21. The fraction of sp³-hybridized carbons (Fsp3) is 0.375. The predicted octanol–water partition coefficient (Wildman–Crippen LogP) is 5.91. The Hall–Kier alpha value is -3.67. The summed E-state index contributed by atoms with van der Waals surface area (Å²) in [4.78, 5) is 29.0. The number of aryl methyl sites for hydroxylation is 2. The molecule has 5 nitrogen and oxygen atoms in total. The summed E-state index contributed by atoms with van der Waals surface area (Å²) in [5.74, 6) is -0.399. The van der Waals surface area contributed by atoms with Crippen LogP contribution in [0.5, 0.6) is 5.75 Å². The van der Waals surface area contributed by atoms with Crippen LogP contribution in [0.1, 0.15) is 54.4 Å². The van der Waals surface area contributed by atoms with Crippen LogP contribution < -0.4 is 10.1 Å². The van der Waals surface area contributed by atoms with Gasteiger partial charge >= 0.3 is 0 Å². The molecule has 3 aromatic carbocycles. The highest BCUT2D eigenvalue weighted by atomic mass is 19.1. The van der Waals surface area contributed by atoms with E-state index in [0.717, 1.165) is 42.4 Å². The Morgan fingerprint density at radius 3 is 2.29 bits per heavy atom. The normalized spacial score (nSPS) is 14.5. The zero-order chi connectivity index (χ0) is 26.9. The number of halogens is 1. The van der Waals surface area contributed by atoms with E-state index in [1.165, 1.54) is 17.4 Å². The van der Waals surface area contributed by atoms with E-state index in [4.69, 9.17) is 4.74 Å². The molecule has 1 fully saturated rings. The largest absolute Gasteiger partial charge is 0.484 e. The number of carbonyl (C=O) groups is 2. The maximum absolute atomic E-state index is 14.7. The van der Waals surface area contributed by atoms with Crippen LogP contribution in [0.25, 0.3) is 0 Å². The third kappa shape index (κ3) is 7.67. The van der Waals surface area contributed by atoms with Crippen LogP contribution in [0.15, 0.2) is 72.8 Å². The van der Waals surface area contributed by atoms with E-state index < -0.39 is 11.9 Å². The Bertz CT molecular complexity index is 1200. The highest BCUT2D eigenvalue weighted by molar-refractivity contribution is 5.88. The maximum atomic E-state index is 14.7. The van der Waals surface area contributed by atoms with Crippen molar-refractivity contribution in [2.45, 2.75) is 71.0 Å². The van der Waals surface area contributed by atoms with Crippen LogP contribution in [0.2, 0.25) is 0 Å². The van der Waals surface area contributed by atoms with Crippen molar-refractivity contribution in [3.63, 3.8) is 0 Å². The van der Waals surface area contributed by atoms with Gasteiger partial charge in [-0.2, -0.15) is 0 Å². The number of hydrogen-bond donors (Lipinski definition) is 1. The minimum Gasteiger partial charge on any atom is -0.484 e. The number of benzene rings is 3. The molecular weight excluding hydrogens is 479 g/mol. The molecule has 0 spiro atoms. The Morgan fingerprint density at radius 2 is 1.61 bits per heavy atom. The molecule has 1 aliphatic carbocycles. The lowest BCUT2D eigenvalue weighted by Gasteiger charge is -2.33. The molecule has 3 aromatic rings. The molecule has 6 heteroatoms. The monoisotopic (exact) mass is 516 g/mol. The first-order valence-electron chi connectivity index (χ1n) is 13.5. The molecule has 1 atom stereocenters. The summed E-state index contributed by atoms with van der Waals surface area (Å²) in [6, 6.07) is 21.1. The third-order valence-corrected chi connectivity index (χ3v) is 7.08. The van der Waals surface area contributed by atoms with Crippen molar-refractivity contribution in [1.82, 2.24) is 10.2 Å². The average Bonchev–Trinajstić information content (AvgIpc) is 2.91. The summed E-state index contributed by atoms with van der Waals surface area (Å²) in [5, 5.41) is 3.20. The third-order valence-electron chi connectivity index (χ3n) is 7.08. The molecule has 0 heterocycles. The number of nitrogens with zero attached hydrogens (tertiary/aromatic N) is 1. The zero-order valence-corrected chi connectivity index (χ0v) is 22.3. The van der Waals surface area contributed by atoms with Crippen molar-refractivity contribution in [3.8, 4) is 5.75 Å². The van der Waals surface area contributed by atoms with E-state index in [1.54, 1.807) is 18.2 Å². The van der Waals surface area contributed by atoms with Gasteiger partial charge in [0.15, 0.2) is 6.61 Å². The lowest BCUT2D eigenvalue weighted by molar-refractivity contribution is -0.143. The summed E-state index contributed by atoms with van der Waals surface area (Å²) in [6.07, 6.45) is 5.52. The molecule has 0 saturated heterocycles. The Labute approximate surface area is 225 Å². The Kier molecular flexibility index (Phi) is 9.52. The van der Waals surface area contributed by atoms with Crippen LogP contribution in [0.3, 0.4) is 0 Å². The van der Waals surface area contributed by atoms with E-state index in [-0.39, 0.29) is 31.0 Å². The van der Waals surface area contributed by atoms with Gasteiger partial charge in [-0.1, -0.05) is 73.9 Å². The van der Waals surface area contributed by atoms with Gasteiger partial charge in [-0.3, -0.25) is 9.59 Å². The van der Waals surface area contributed by atoms with Gasteiger partial charge in [0.1, 0.15) is 17.6 Å². The van der Waals surface area contributed by atoms with E-state index in [1.807, 2.05) is 62.4 Å². The fourth-order valence-corrected chi connectivity index (χ4v) is 5.15. The predicted molar refractivity (Wildman–Crippen MR) is 147 cm³/mol. The van der Waals surface area contributed by atoms with Crippen molar-refractivity contribution >= 4 is 11.8 Å². The van der Waals surface area contributed by atoms with Crippen LogP contribution in [-0.2, 0) is 22.6 Å². The van der Waals surface area contributed by atoms with Crippen LogP contribution in [0.4, 0.5) is 4.39 Å². The molecule has 0 aliphatic heterocycles. The molecule has 0 radical (unpaired) electrons. The van der Waals surface area contributed by atoms with Crippen LogP contribution in [-0.4, -0.2) is 35.4 Å². The smallest absolute Gasteiger partial charge is 0.261 e. The second-order valence-corrected chi connectivity index (χ2v) is 10.3. The van der Waals surface area contributed by atoms with Gasteiger partial charge in [0.2, 0.25) is 5.91 Å². The number of amides is 2. The second kappa shape index (κ2) is 13.2. The first-order valence-corrected chi connectivity index (χ1v) is 13.5. The first-order chi connectivity index (χ1) is 18.4. The van der Waals surface area contributed by atoms with Gasteiger partial charge in [0.05, 0.1) is 0 Å². The van der Waals surface area contributed by atoms with Crippen molar-refractivity contribution in [2.24, 2.45) is 0 Å². The van der Waals surface area contributed by atoms with Crippen LogP contribution >= 0.6 is 0 Å². The van der Waals surface area contributed by atoms with Crippen molar-refractivity contribution in [2.75, 3.05) is 6.61 Å². The number of carbonyl (C=O) groups excluding carboxylic acids is 2. The topological polar surface area (TPSA) is 58.6 Å². The summed E-state index contributed by atoms with van der Waals surface area (Å²) in [5.41, 5.74) is 3.35. The molecule has 0 aromatic heterocycles. The van der Waals surface area contributed by atoms with Crippen LogP contribution in [0, 0.1) is 19.7 Å². The molecule has 0 unspecified atom stereocenters. The average molecular weight is 517 g/mol. The molecule has 0 bridgehead atoms. The standard InChI is InChI=1S/C32H37FN2O3/c1-23-17-24(2)19-28(18-23)38-22-31(36)35(21-26-13-9-10-16-29(26)33)30(20-25-11-5-3-6-12-25)32(37)34-27-14-7-4-8-15-27/h3,5-6,9-13,16-19,27,30H,4,7-8,14-15,20-22H2,1-2H3,(H,34,37)/t30-/m0/s1. The maximum Gasteiger partial charge on any atom is 0.261 e. The van der Waals surface area contributed by atoms with Gasteiger partial charge in [0.25, 0.3) is 5.91 Å². The molecule has 38 heavy (non-hydrogen) atoms. The molecule has 2 amide bonds. The molecule has 4 rings (SSSR count). The number of hydrogen-bond acceptors (Lipinski definition) is 3. The van der Waals surface area contributed by atoms with Crippen molar-refractivity contribution in [3.05, 3.63) is 101 Å².